The molecule has 0 radical (unpaired) electrons. The second kappa shape index (κ2) is 3.72. The standard InChI is InChI=1S/C8H14O3/c1-11-8(10)4-6-2-7(3-6)5-9/h6-7,9H,2-5H2,1H3/t6-,7-. The van der Waals surface area contributed by atoms with E-state index in [1.54, 1.807) is 0 Å². The van der Waals surface area contributed by atoms with E-state index >= 15 is 0 Å². The van der Waals surface area contributed by atoms with Gasteiger partial charge in [-0.1, -0.05) is 0 Å². The van der Waals surface area contributed by atoms with Crippen LogP contribution in [0.25, 0.3) is 0 Å². The van der Waals surface area contributed by atoms with Gasteiger partial charge in [0.1, 0.15) is 0 Å². The molecule has 3 nitrogen and oxygen atoms in total. The summed E-state index contributed by atoms with van der Waals surface area (Å²) in [5.74, 6) is 0.760. The van der Waals surface area contributed by atoms with Crippen molar-refractivity contribution in [2.45, 2.75) is 19.3 Å². The number of carbonyl (C=O) groups is 1. The van der Waals surface area contributed by atoms with Crippen LogP contribution < -0.4 is 0 Å². The normalized spacial score (nSPS) is 29.3. The molecule has 0 aromatic heterocycles. The van der Waals surface area contributed by atoms with Gasteiger partial charge in [-0.25, -0.2) is 0 Å². The molecule has 0 heterocycles. The zero-order valence-electron chi connectivity index (χ0n) is 6.75. The fourth-order valence-corrected chi connectivity index (χ4v) is 1.51. The highest BCUT2D eigenvalue weighted by atomic mass is 16.5. The van der Waals surface area contributed by atoms with Gasteiger partial charge in [-0.15, -0.1) is 0 Å². The van der Waals surface area contributed by atoms with Crippen LogP contribution in [0.4, 0.5) is 0 Å². The maximum Gasteiger partial charge on any atom is 0.305 e. The van der Waals surface area contributed by atoms with Gasteiger partial charge >= 0.3 is 5.97 Å². The molecule has 0 atom stereocenters. The Morgan fingerprint density at radius 2 is 2.18 bits per heavy atom. The van der Waals surface area contributed by atoms with Gasteiger partial charge in [0.25, 0.3) is 0 Å². The first-order valence-corrected chi connectivity index (χ1v) is 3.94. The monoisotopic (exact) mass is 158 g/mol. The predicted molar refractivity (Wildman–Crippen MR) is 39.9 cm³/mol. The van der Waals surface area contributed by atoms with E-state index in [-0.39, 0.29) is 12.6 Å². The third-order valence-electron chi connectivity index (χ3n) is 2.27. The van der Waals surface area contributed by atoms with Crippen molar-refractivity contribution >= 4 is 5.97 Å². The summed E-state index contributed by atoms with van der Waals surface area (Å²) in [5, 5.41) is 8.68. The molecule has 3 heteroatoms. The van der Waals surface area contributed by atoms with Crippen molar-refractivity contribution in [2.24, 2.45) is 11.8 Å². The van der Waals surface area contributed by atoms with E-state index in [1.807, 2.05) is 0 Å². The Morgan fingerprint density at radius 3 is 2.64 bits per heavy atom. The van der Waals surface area contributed by atoms with Gasteiger partial charge in [-0.05, 0) is 24.7 Å². The third kappa shape index (κ3) is 2.19. The molecule has 0 aromatic rings. The Kier molecular flexibility index (Phi) is 2.88. The fourth-order valence-electron chi connectivity index (χ4n) is 1.51. The van der Waals surface area contributed by atoms with Gasteiger partial charge in [0, 0.05) is 13.0 Å². The van der Waals surface area contributed by atoms with E-state index in [4.69, 9.17) is 5.11 Å². The maximum atomic E-state index is 10.7. The Balaban J connectivity index is 2.08. The summed E-state index contributed by atoms with van der Waals surface area (Å²) < 4.78 is 4.52. The molecule has 0 saturated heterocycles. The Morgan fingerprint density at radius 1 is 1.55 bits per heavy atom. The number of esters is 1. The van der Waals surface area contributed by atoms with Gasteiger partial charge in [0.05, 0.1) is 7.11 Å². The lowest BCUT2D eigenvalue weighted by Crippen LogP contribution is -2.28. The molecule has 1 aliphatic rings. The first kappa shape index (κ1) is 8.53. The van der Waals surface area contributed by atoms with Crippen molar-refractivity contribution in [3.8, 4) is 0 Å². The summed E-state index contributed by atoms with van der Waals surface area (Å²) in [6, 6.07) is 0. The fraction of sp³-hybridized carbons (Fsp3) is 0.875. The van der Waals surface area contributed by atoms with E-state index in [9.17, 15) is 4.79 Å². The minimum atomic E-state index is -0.133. The van der Waals surface area contributed by atoms with E-state index in [1.165, 1.54) is 7.11 Å². The summed E-state index contributed by atoms with van der Waals surface area (Å²) in [7, 11) is 1.41. The maximum absolute atomic E-state index is 10.7. The average Bonchev–Trinajstić information content (AvgIpc) is 1.95. The topological polar surface area (TPSA) is 46.5 Å². The SMILES string of the molecule is COC(=O)C[C@H]1C[C@H](CO)C1. The summed E-state index contributed by atoms with van der Waals surface area (Å²) in [5.41, 5.74) is 0. The van der Waals surface area contributed by atoms with Gasteiger partial charge < -0.3 is 9.84 Å². The van der Waals surface area contributed by atoms with Gasteiger partial charge in [-0.2, -0.15) is 0 Å². The zero-order valence-corrected chi connectivity index (χ0v) is 6.75. The van der Waals surface area contributed by atoms with Crippen LogP contribution in [0, 0.1) is 11.8 Å². The highest BCUT2D eigenvalue weighted by Crippen LogP contribution is 2.35. The van der Waals surface area contributed by atoms with Crippen LogP contribution in [0.1, 0.15) is 19.3 Å². The van der Waals surface area contributed by atoms with Crippen molar-refractivity contribution < 1.29 is 14.6 Å². The molecule has 64 valence electrons. The second-order valence-corrected chi connectivity index (χ2v) is 3.17. The molecule has 0 amide bonds. The average molecular weight is 158 g/mol. The Bertz CT molecular complexity index is 138. The highest BCUT2D eigenvalue weighted by molar-refractivity contribution is 5.69. The van der Waals surface area contributed by atoms with Crippen LogP contribution in [0.3, 0.4) is 0 Å². The molecule has 1 saturated carbocycles. The summed E-state index contributed by atoms with van der Waals surface area (Å²) in [6.45, 7) is 0.262. The summed E-state index contributed by atoms with van der Waals surface area (Å²) >= 11 is 0. The molecule has 0 aromatic carbocycles. The third-order valence-corrected chi connectivity index (χ3v) is 2.27. The number of hydrogen-bond donors (Lipinski definition) is 1. The van der Waals surface area contributed by atoms with Crippen molar-refractivity contribution in [2.75, 3.05) is 13.7 Å². The first-order valence-electron chi connectivity index (χ1n) is 3.94. The number of aliphatic hydroxyl groups excluding tert-OH is 1. The van der Waals surface area contributed by atoms with E-state index in [2.05, 4.69) is 4.74 Å². The number of aliphatic hydroxyl groups is 1. The number of rotatable bonds is 3. The van der Waals surface area contributed by atoms with Gasteiger partial charge in [-0.3, -0.25) is 4.79 Å². The largest absolute Gasteiger partial charge is 0.469 e. The van der Waals surface area contributed by atoms with E-state index in [0.29, 0.717) is 18.3 Å². The number of carbonyl (C=O) groups excluding carboxylic acids is 1. The number of methoxy groups -OCH3 is 1. The molecule has 1 fully saturated rings. The van der Waals surface area contributed by atoms with E-state index in [0.717, 1.165) is 12.8 Å². The zero-order chi connectivity index (χ0) is 8.27. The molecule has 0 aliphatic heterocycles. The van der Waals surface area contributed by atoms with Gasteiger partial charge in [0.15, 0.2) is 0 Å². The van der Waals surface area contributed by atoms with Crippen LogP contribution >= 0.6 is 0 Å². The minimum absolute atomic E-state index is 0.133. The second-order valence-electron chi connectivity index (χ2n) is 3.17. The lowest BCUT2D eigenvalue weighted by molar-refractivity contribution is -0.143. The molecule has 0 bridgehead atoms. The molecule has 11 heavy (non-hydrogen) atoms. The Hall–Kier alpha value is -0.570. The molecular weight excluding hydrogens is 144 g/mol. The van der Waals surface area contributed by atoms with Gasteiger partial charge in [0.2, 0.25) is 0 Å². The van der Waals surface area contributed by atoms with Crippen LogP contribution in [-0.2, 0) is 9.53 Å². The van der Waals surface area contributed by atoms with Crippen LogP contribution in [0.2, 0.25) is 0 Å². The molecule has 0 spiro atoms. The quantitative estimate of drug-likeness (QED) is 0.611. The first-order chi connectivity index (χ1) is 5.26. The van der Waals surface area contributed by atoms with E-state index < -0.39 is 0 Å². The van der Waals surface area contributed by atoms with Crippen LogP contribution in [0.15, 0.2) is 0 Å². The molecule has 1 rings (SSSR count). The molecule has 1 N–H and O–H groups in total. The van der Waals surface area contributed by atoms with Crippen molar-refractivity contribution in [1.82, 2.24) is 0 Å². The highest BCUT2D eigenvalue weighted by Gasteiger charge is 2.30. The minimum Gasteiger partial charge on any atom is -0.469 e. The lowest BCUT2D eigenvalue weighted by Gasteiger charge is -2.33. The molecule has 0 unspecified atom stereocenters. The Labute approximate surface area is 66.4 Å². The summed E-state index contributed by atoms with van der Waals surface area (Å²) in [6.07, 6.45) is 2.48. The lowest BCUT2D eigenvalue weighted by atomic mass is 9.74. The smallest absolute Gasteiger partial charge is 0.305 e. The van der Waals surface area contributed by atoms with Crippen molar-refractivity contribution in [1.29, 1.82) is 0 Å². The predicted octanol–water partition coefficient (Wildman–Crippen LogP) is 0.568. The number of ether oxygens (including phenoxy) is 1. The molecular formula is C8H14O3. The van der Waals surface area contributed by atoms with Crippen LogP contribution in [0.5, 0.6) is 0 Å². The van der Waals surface area contributed by atoms with Crippen molar-refractivity contribution in [3.05, 3.63) is 0 Å². The number of hydrogen-bond acceptors (Lipinski definition) is 3. The molecule has 1 aliphatic carbocycles. The summed E-state index contributed by atoms with van der Waals surface area (Å²) in [4.78, 5) is 10.7. The van der Waals surface area contributed by atoms with Crippen molar-refractivity contribution in [3.63, 3.8) is 0 Å². The van der Waals surface area contributed by atoms with Crippen LogP contribution in [-0.4, -0.2) is 24.8 Å².